The summed E-state index contributed by atoms with van der Waals surface area (Å²) >= 11 is 0. The summed E-state index contributed by atoms with van der Waals surface area (Å²) in [5.74, 6) is 0.608. The summed E-state index contributed by atoms with van der Waals surface area (Å²) in [6.07, 6.45) is 0.395. The second kappa shape index (κ2) is 6.69. The summed E-state index contributed by atoms with van der Waals surface area (Å²) in [4.78, 5) is 5.18. The average Bonchev–Trinajstić information content (AvgIpc) is 2.89. The third kappa shape index (κ3) is 3.37. The van der Waals surface area contributed by atoms with E-state index in [0.29, 0.717) is 24.1 Å². The van der Waals surface area contributed by atoms with Crippen molar-refractivity contribution in [2.24, 2.45) is 0 Å². The van der Waals surface area contributed by atoms with Crippen LogP contribution in [0.3, 0.4) is 0 Å². The molecule has 0 spiro atoms. The standard InChI is InChI=1S/C19H30N2O/c1-14(2)17-7-5-16(6-8-17)11-20-12-18-19(13-20)22-10-9-21(18)15(3)4/h5-8,14-15,18-19H,9-13H2,1-4H3/t18-,19+/m0/s1. The maximum Gasteiger partial charge on any atom is 0.0870 e. The number of rotatable bonds is 4. The van der Waals surface area contributed by atoms with Crippen molar-refractivity contribution in [3.05, 3.63) is 35.4 Å². The highest BCUT2D eigenvalue weighted by molar-refractivity contribution is 5.24. The third-order valence-corrected chi connectivity index (χ3v) is 5.14. The quantitative estimate of drug-likeness (QED) is 0.850. The van der Waals surface area contributed by atoms with Crippen LogP contribution in [0.25, 0.3) is 0 Å². The van der Waals surface area contributed by atoms with Gasteiger partial charge in [0, 0.05) is 32.2 Å². The first-order valence-corrected chi connectivity index (χ1v) is 8.73. The molecule has 3 rings (SSSR count). The van der Waals surface area contributed by atoms with Crippen LogP contribution in [0, 0.1) is 0 Å². The summed E-state index contributed by atoms with van der Waals surface area (Å²) < 4.78 is 6.02. The molecular weight excluding hydrogens is 272 g/mol. The summed E-state index contributed by atoms with van der Waals surface area (Å²) in [5.41, 5.74) is 2.84. The molecule has 0 saturated carbocycles. The molecule has 2 atom stereocenters. The van der Waals surface area contributed by atoms with Crippen LogP contribution in [0.5, 0.6) is 0 Å². The molecule has 2 saturated heterocycles. The lowest BCUT2D eigenvalue weighted by Crippen LogP contribution is -2.53. The van der Waals surface area contributed by atoms with E-state index in [1.165, 1.54) is 11.1 Å². The van der Waals surface area contributed by atoms with Crippen molar-refractivity contribution in [2.75, 3.05) is 26.2 Å². The Hall–Kier alpha value is -0.900. The molecule has 3 heteroatoms. The van der Waals surface area contributed by atoms with Crippen molar-refractivity contribution in [3.8, 4) is 0 Å². The molecule has 1 aromatic rings. The number of ether oxygens (including phenoxy) is 1. The zero-order valence-corrected chi connectivity index (χ0v) is 14.5. The lowest BCUT2D eigenvalue weighted by atomic mass is 10.0. The molecule has 0 bridgehead atoms. The first-order chi connectivity index (χ1) is 10.5. The number of fused-ring (bicyclic) bond motifs is 1. The molecule has 0 aliphatic carbocycles. The van der Waals surface area contributed by atoms with Gasteiger partial charge in [-0.2, -0.15) is 0 Å². The van der Waals surface area contributed by atoms with Gasteiger partial charge >= 0.3 is 0 Å². The Morgan fingerprint density at radius 2 is 1.82 bits per heavy atom. The summed E-state index contributed by atoms with van der Waals surface area (Å²) in [6, 6.07) is 10.3. The molecule has 122 valence electrons. The van der Waals surface area contributed by atoms with Crippen molar-refractivity contribution in [2.45, 2.75) is 58.3 Å². The Bertz CT molecular complexity index is 483. The monoisotopic (exact) mass is 302 g/mol. The number of hydrogen-bond acceptors (Lipinski definition) is 3. The zero-order valence-electron chi connectivity index (χ0n) is 14.5. The fourth-order valence-electron chi connectivity index (χ4n) is 3.83. The Morgan fingerprint density at radius 3 is 2.45 bits per heavy atom. The van der Waals surface area contributed by atoms with Crippen LogP contribution in [0.2, 0.25) is 0 Å². The van der Waals surface area contributed by atoms with Gasteiger partial charge in [0.05, 0.1) is 18.8 Å². The zero-order chi connectivity index (χ0) is 15.7. The molecule has 2 aliphatic rings. The molecule has 0 amide bonds. The number of hydrogen-bond donors (Lipinski definition) is 0. The molecule has 0 radical (unpaired) electrons. The summed E-state index contributed by atoms with van der Waals surface area (Å²) in [5, 5.41) is 0. The highest BCUT2D eigenvalue weighted by Crippen LogP contribution is 2.26. The van der Waals surface area contributed by atoms with Gasteiger partial charge in [-0.05, 0) is 30.9 Å². The predicted octanol–water partition coefficient (Wildman–Crippen LogP) is 3.10. The highest BCUT2D eigenvalue weighted by Gasteiger charge is 2.40. The minimum atomic E-state index is 0.395. The molecule has 2 heterocycles. The molecular formula is C19H30N2O. The van der Waals surface area contributed by atoms with E-state index in [1.807, 2.05) is 0 Å². The molecule has 22 heavy (non-hydrogen) atoms. The lowest BCUT2D eigenvalue weighted by molar-refractivity contribution is -0.0583. The summed E-state index contributed by atoms with van der Waals surface area (Å²) in [6.45, 7) is 14.3. The molecule has 0 unspecified atom stereocenters. The van der Waals surface area contributed by atoms with Gasteiger partial charge in [-0.25, -0.2) is 0 Å². The topological polar surface area (TPSA) is 15.7 Å². The van der Waals surface area contributed by atoms with E-state index >= 15 is 0 Å². The largest absolute Gasteiger partial charge is 0.374 e. The first kappa shape index (κ1) is 16.0. The number of benzene rings is 1. The second-order valence-electron chi connectivity index (χ2n) is 7.40. The minimum absolute atomic E-state index is 0.395. The van der Waals surface area contributed by atoms with Gasteiger partial charge in [0.25, 0.3) is 0 Å². The molecule has 3 nitrogen and oxygen atoms in total. The Balaban J connectivity index is 1.62. The molecule has 1 aromatic carbocycles. The van der Waals surface area contributed by atoms with Crippen LogP contribution in [0.15, 0.2) is 24.3 Å². The number of likely N-dealkylation sites (tertiary alicyclic amines) is 1. The Kier molecular flexibility index (Phi) is 4.86. The lowest BCUT2D eigenvalue weighted by Gasteiger charge is -2.39. The van der Waals surface area contributed by atoms with E-state index in [9.17, 15) is 0 Å². The van der Waals surface area contributed by atoms with Gasteiger partial charge in [-0.3, -0.25) is 9.80 Å². The summed E-state index contributed by atoms with van der Waals surface area (Å²) in [7, 11) is 0. The Labute approximate surface area is 135 Å². The Morgan fingerprint density at radius 1 is 1.09 bits per heavy atom. The van der Waals surface area contributed by atoms with E-state index in [4.69, 9.17) is 4.74 Å². The van der Waals surface area contributed by atoms with Crippen LogP contribution >= 0.6 is 0 Å². The van der Waals surface area contributed by atoms with E-state index in [0.717, 1.165) is 32.8 Å². The van der Waals surface area contributed by atoms with Gasteiger partial charge in [0.2, 0.25) is 0 Å². The molecule has 2 fully saturated rings. The maximum absolute atomic E-state index is 6.02. The molecule has 2 aliphatic heterocycles. The van der Waals surface area contributed by atoms with E-state index in [2.05, 4.69) is 61.8 Å². The second-order valence-corrected chi connectivity index (χ2v) is 7.40. The van der Waals surface area contributed by atoms with E-state index in [1.54, 1.807) is 0 Å². The van der Waals surface area contributed by atoms with Crippen LogP contribution in [0.1, 0.15) is 44.7 Å². The van der Waals surface area contributed by atoms with Crippen LogP contribution in [-0.4, -0.2) is 54.2 Å². The van der Waals surface area contributed by atoms with Gasteiger partial charge in [0.15, 0.2) is 0 Å². The maximum atomic E-state index is 6.02. The van der Waals surface area contributed by atoms with E-state index in [-0.39, 0.29) is 0 Å². The van der Waals surface area contributed by atoms with Crippen molar-refractivity contribution in [3.63, 3.8) is 0 Å². The highest BCUT2D eigenvalue weighted by atomic mass is 16.5. The van der Waals surface area contributed by atoms with E-state index < -0.39 is 0 Å². The van der Waals surface area contributed by atoms with Crippen LogP contribution < -0.4 is 0 Å². The third-order valence-electron chi connectivity index (χ3n) is 5.14. The van der Waals surface area contributed by atoms with Crippen molar-refractivity contribution >= 4 is 0 Å². The van der Waals surface area contributed by atoms with Gasteiger partial charge in [0.1, 0.15) is 0 Å². The van der Waals surface area contributed by atoms with Crippen molar-refractivity contribution < 1.29 is 4.74 Å². The van der Waals surface area contributed by atoms with Gasteiger partial charge in [-0.15, -0.1) is 0 Å². The van der Waals surface area contributed by atoms with Gasteiger partial charge in [-0.1, -0.05) is 38.1 Å². The fourth-order valence-corrected chi connectivity index (χ4v) is 3.83. The van der Waals surface area contributed by atoms with Crippen molar-refractivity contribution in [1.82, 2.24) is 9.80 Å². The SMILES string of the molecule is CC(C)c1ccc(CN2C[C@H]3OCCN(C(C)C)[C@H]3C2)cc1. The molecule has 0 N–H and O–H groups in total. The smallest absolute Gasteiger partial charge is 0.0870 e. The normalized spacial score (nSPS) is 26.8. The van der Waals surface area contributed by atoms with Crippen LogP contribution in [-0.2, 0) is 11.3 Å². The number of nitrogens with zero attached hydrogens (tertiary/aromatic N) is 2. The van der Waals surface area contributed by atoms with Crippen LogP contribution in [0.4, 0.5) is 0 Å². The van der Waals surface area contributed by atoms with Gasteiger partial charge < -0.3 is 4.74 Å². The first-order valence-electron chi connectivity index (χ1n) is 8.73. The average molecular weight is 302 g/mol. The molecule has 0 aromatic heterocycles. The predicted molar refractivity (Wildman–Crippen MR) is 91.2 cm³/mol. The van der Waals surface area contributed by atoms with Crippen molar-refractivity contribution in [1.29, 1.82) is 0 Å². The minimum Gasteiger partial charge on any atom is -0.374 e. The fraction of sp³-hybridized carbons (Fsp3) is 0.684. The number of morpholine rings is 1.